The Morgan fingerprint density at radius 2 is 2.04 bits per heavy atom. The minimum Gasteiger partial charge on any atom is -0.496 e. The highest BCUT2D eigenvalue weighted by molar-refractivity contribution is 14.1. The number of benzene rings is 2. The van der Waals surface area contributed by atoms with E-state index in [9.17, 15) is 0 Å². The summed E-state index contributed by atoms with van der Waals surface area (Å²) in [5.41, 5.74) is 2.71. The van der Waals surface area contributed by atoms with E-state index in [1.807, 2.05) is 42.6 Å². The molecule has 120 valence electrons. The SMILES string of the molecule is COc1cc2ncnc(N(N)c3ccc4[nH]ccc4c3)c2cc1I. The number of anilines is 2. The lowest BCUT2D eigenvalue weighted by atomic mass is 10.2. The quantitative estimate of drug-likeness (QED) is 0.294. The zero-order chi connectivity index (χ0) is 16.7. The van der Waals surface area contributed by atoms with Crippen LogP contribution in [0.5, 0.6) is 5.75 Å². The van der Waals surface area contributed by atoms with Crippen LogP contribution in [0.3, 0.4) is 0 Å². The van der Waals surface area contributed by atoms with Gasteiger partial charge >= 0.3 is 0 Å². The van der Waals surface area contributed by atoms with E-state index >= 15 is 0 Å². The van der Waals surface area contributed by atoms with Crippen LogP contribution in [0.2, 0.25) is 0 Å². The summed E-state index contributed by atoms with van der Waals surface area (Å²) in [6, 6.07) is 11.9. The van der Waals surface area contributed by atoms with Gasteiger partial charge < -0.3 is 9.72 Å². The van der Waals surface area contributed by atoms with Crippen molar-refractivity contribution in [2.24, 2.45) is 5.84 Å². The molecule has 0 radical (unpaired) electrons. The molecular weight excluding hydrogens is 417 g/mol. The number of ether oxygens (including phenoxy) is 1. The van der Waals surface area contributed by atoms with Crippen LogP contribution < -0.4 is 15.6 Å². The second-order valence-corrected chi connectivity index (χ2v) is 6.48. The number of fused-ring (bicyclic) bond motifs is 2. The van der Waals surface area contributed by atoms with E-state index in [-0.39, 0.29) is 0 Å². The van der Waals surface area contributed by atoms with Crippen molar-refractivity contribution >= 4 is 55.9 Å². The number of methoxy groups -OCH3 is 1. The van der Waals surface area contributed by atoms with Crippen LogP contribution >= 0.6 is 22.6 Å². The lowest BCUT2D eigenvalue weighted by molar-refractivity contribution is 0.412. The first kappa shape index (κ1) is 15.2. The number of nitrogens with two attached hydrogens (primary N) is 1. The second-order valence-electron chi connectivity index (χ2n) is 5.32. The number of H-pyrrole nitrogens is 1. The fraction of sp³-hybridized carbons (Fsp3) is 0.0588. The van der Waals surface area contributed by atoms with Gasteiger partial charge in [-0.2, -0.15) is 0 Å². The molecule has 2 aromatic carbocycles. The summed E-state index contributed by atoms with van der Waals surface area (Å²) in [5, 5.41) is 3.55. The molecular formula is C17H14IN5O. The maximum atomic E-state index is 6.36. The van der Waals surface area contributed by atoms with E-state index in [2.05, 4.69) is 37.5 Å². The molecule has 0 aliphatic rings. The summed E-state index contributed by atoms with van der Waals surface area (Å²) in [6.07, 6.45) is 3.42. The van der Waals surface area contributed by atoms with Crippen molar-refractivity contribution in [3.8, 4) is 5.75 Å². The Kier molecular flexibility index (Phi) is 3.73. The van der Waals surface area contributed by atoms with Gasteiger partial charge in [-0.3, -0.25) is 5.01 Å². The Morgan fingerprint density at radius 1 is 1.17 bits per heavy atom. The summed E-state index contributed by atoms with van der Waals surface area (Å²) >= 11 is 2.23. The fourth-order valence-corrected chi connectivity index (χ4v) is 3.39. The molecule has 0 fully saturated rings. The van der Waals surface area contributed by atoms with Gasteiger partial charge in [0.15, 0.2) is 5.82 Å². The first-order valence-corrected chi connectivity index (χ1v) is 8.35. The normalized spacial score (nSPS) is 11.1. The molecule has 0 bridgehead atoms. The molecule has 0 saturated carbocycles. The number of nitrogens with one attached hydrogen (secondary N) is 1. The highest BCUT2D eigenvalue weighted by Gasteiger charge is 2.14. The zero-order valence-electron chi connectivity index (χ0n) is 12.8. The number of rotatable bonds is 3. The standard InChI is InChI=1S/C17H14IN5O/c1-24-16-8-15-12(7-13(16)18)17(22-9-21-15)23(19)11-2-3-14-10(6-11)4-5-20-14/h2-9,20H,19H2,1H3. The van der Waals surface area contributed by atoms with Gasteiger partial charge in [0.25, 0.3) is 0 Å². The molecule has 3 N–H and O–H groups in total. The van der Waals surface area contributed by atoms with Gasteiger partial charge in [0, 0.05) is 28.6 Å². The molecule has 6 nitrogen and oxygen atoms in total. The fourth-order valence-electron chi connectivity index (χ4n) is 2.71. The predicted octanol–water partition coefficient (Wildman–Crippen LogP) is 3.74. The van der Waals surface area contributed by atoms with Gasteiger partial charge in [-0.1, -0.05) is 0 Å². The molecule has 0 aliphatic heterocycles. The molecule has 0 aliphatic carbocycles. The predicted molar refractivity (Wildman–Crippen MR) is 103 cm³/mol. The Balaban J connectivity index is 1.86. The van der Waals surface area contributed by atoms with Crippen LogP contribution in [0.1, 0.15) is 0 Å². The van der Waals surface area contributed by atoms with E-state index < -0.39 is 0 Å². The third-order valence-corrected chi connectivity index (χ3v) is 4.77. The number of halogens is 1. The highest BCUT2D eigenvalue weighted by Crippen LogP contribution is 2.32. The van der Waals surface area contributed by atoms with Crippen molar-refractivity contribution in [1.29, 1.82) is 0 Å². The molecule has 0 atom stereocenters. The molecule has 7 heteroatoms. The van der Waals surface area contributed by atoms with Crippen molar-refractivity contribution < 1.29 is 4.74 Å². The van der Waals surface area contributed by atoms with Crippen molar-refractivity contribution in [2.75, 3.05) is 12.1 Å². The van der Waals surface area contributed by atoms with Crippen molar-refractivity contribution in [3.63, 3.8) is 0 Å². The largest absolute Gasteiger partial charge is 0.496 e. The van der Waals surface area contributed by atoms with Gasteiger partial charge in [-0.05, 0) is 52.9 Å². The Hall–Kier alpha value is -2.39. The molecule has 2 aromatic heterocycles. The first-order valence-electron chi connectivity index (χ1n) is 7.27. The number of hydrazine groups is 1. The van der Waals surface area contributed by atoms with Crippen LogP contribution in [0.15, 0.2) is 48.9 Å². The maximum Gasteiger partial charge on any atom is 0.158 e. The number of hydrogen-bond acceptors (Lipinski definition) is 5. The summed E-state index contributed by atoms with van der Waals surface area (Å²) in [6.45, 7) is 0. The minimum atomic E-state index is 0.649. The average Bonchev–Trinajstić information content (AvgIpc) is 3.07. The summed E-state index contributed by atoms with van der Waals surface area (Å²) in [4.78, 5) is 11.9. The molecule has 24 heavy (non-hydrogen) atoms. The van der Waals surface area contributed by atoms with Crippen molar-refractivity contribution in [2.45, 2.75) is 0 Å². The average molecular weight is 431 g/mol. The summed E-state index contributed by atoms with van der Waals surface area (Å²) in [7, 11) is 1.65. The highest BCUT2D eigenvalue weighted by atomic mass is 127. The van der Waals surface area contributed by atoms with Crippen LogP contribution in [0.25, 0.3) is 21.8 Å². The third-order valence-electron chi connectivity index (χ3n) is 3.93. The first-order chi connectivity index (χ1) is 11.7. The maximum absolute atomic E-state index is 6.36. The van der Waals surface area contributed by atoms with Crippen LogP contribution in [-0.4, -0.2) is 22.1 Å². The smallest absolute Gasteiger partial charge is 0.158 e. The van der Waals surface area contributed by atoms with E-state index in [1.165, 1.54) is 6.33 Å². The topological polar surface area (TPSA) is 80.1 Å². The van der Waals surface area contributed by atoms with Crippen LogP contribution in [0.4, 0.5) is 11.5 Å². The Bertz CT molecular complexity index is 1050. The van der Waals surface area contributed by atoms with Crippen LogP contribution in [0, 0.1) is 3.57 Å². The van der Waals surface area contributed by atoms with Gasteiger partial charge in [0.05, 0.1) is 21.9 Å². The number of hydrogen-bond donors (Lipinski definition) is 2. The van der Waals surface area contributed by atoms with Gasteiger partial charge in [-0.25, -0.2) is 15.8 Å². The number of aromatic nitrogens is 3. The number of nitrogens with zero attached hydrogens (tertiary/aromatic N) is 3. The van der Waals surface area contributed by atoms with Crippen LogP contribution in [-0.2, 0) is 0 Å². The van der Waals surface area contributed by atoms with E-state index in [4.69, 9.17) is 10.6 Å². The van der Waals surface area contributed by atoms with E-state index in [0.717, 1.165) is 36.8 Å². The monoisotopic (exact) mass is 431 g/mol. The van der Waals surface area contributed by atoms with Gasteiger partial charge in [0.1, 0.15) is 12.1 Å². The van der Waals surface area contributed by atoms with E-state index in [1.54, 1.807) is 12.1 Å². The Morgan fingerprint density at radius 3 is 2.88 bits per heavy atom. The molecule has 0 spiro atoms. The van der Waals surface area contributed by atoms with E-state index in [0.29, 0.717) is 5.82 Å². The lowest BCUT2D eigenvalue weighted by Crippen LogP contribution is -2.26. The molecule has 0 amide bonds. The molecule has 4 aromatic rings. The zero-order valence-corrected chi connectivity index (χ0v) is 15.0. The molecule has 4 rings (SSSR count). The third kappa shape index (κ3) is 2.45. The van der Waals surface area contributed by atoms with Crippen molar-refractivity contribution in [1.82, 2.24) is 15.0 Å². The summed E-state index contributed by atoms with van der Waals surface area (Å²) < 4.78 is 6.34. The number of aromatic amines is 1. The lowest BCUT2D eigenvalue weighted by Gasteiger charge is -2.19. The van der Waals surface area contributed by atoms with Gasteiger partial charge in [0.2, 0.25) is 0 Å². The molecule has 0 unspecified atom stereocenters. The Labute approximate surface area is 151 Å². The molecule has 2 heterocycles. The second kappa shape index (κ2) is 5.91. The molecule has 0 saturated heterocycles. The summed E-state index contributed by atoms with van der Waals surface area (Å²) in [5.74, 6) is 7.79. The van der Waals surface area contributed by atoms with Crippen molar-refractivity contribution in [3.05, 3.63) is 52.5 Å². The van der Waals surface area contributed by atoms with Gasteiger partial charge in [-0.15, -0.1) is 0 Å². The minimum absolute atomic E-state index is 0.649.